The molecule has 0 aliphatic rings. The van der Waals surface area contributed by atoms with Crippen molar-refractivity contribution in [3.05, 3.63) is 63.4 Å². The monoisotopic (exact) mass is 370 g/mol. The highest BCUT2D eigenvalue weighted by Gasteiger charge is 2.16. The second-order valence-corrected chi connectivity index (χ2v) is 7.24. The van der Waals surface area contributed by atoms with Crippen LogP contribution in [-0.4, -0.2) is 20.7 Å². The third kappa shape index (κ3) is 4.11. The lowest BCUT2D eigenvalue weighted by molar-refractivity contribution is 0.0939. The van der Waals surface area contributed by atoms with Gasteiger partial charge in [-0.3, -0.25) is 9.48 Å². The highest BCUT2D eigenvalue weighted by atomic mass is 32.1. The molecule has 0 saturated carbocycles. The normalized spacial score (nSPS) is 12.0. The van der Waals surface area contributed by atoms with Crippen LogP contribution in [-0.2, 0) is 13.7 Å². The Kier molecular flexibility index (Phi) is 5.37. The van der Waals surface area contributed by atoms with E-state index in [1.165, 1.54) is 0 Å². The molecule has 7 heteroatoms. The lowest BCUT2D eigenvalue weighted by atomic mass is 10.1. The van der Waals surface area contributed by atoms with Crippen LogP contribution < -0.4 is 10.1 Å². The van der Waals surface area contributed by atoms with E-state index in [1.807, 2.05) is 45.3 Å². The second kappa shape index (κ2) is 7.70. The number of hydrogen-bond donors (Lipinski definition) is 1. The first kappa shape index (κ1) is 18.1. The number of nitrogens with zero attached hydrogens (tertiary/aromatic N) is 3. The molecule has 2 aromatic heterocycles. The number of amides is 1. The van der Waals surface area contributed by atoms with Gasteiger partial charge in [0.2, 0.25) is 0 Å². The fourth-order valence-corrected chi connectivity index (χ4v) is 3.25. The van der Waals surface area contributed by atoms with Gasteiger partial charge < -0.3 is 10.1 Å². The number of nitrogens with one attached hydrogen (secondary N) is 1. The van der Waals surface area contributed by atoms with Gasteiger partial charge >= 0.3 is 0 Å². The highest BCUT2D eigenvalue weighted by molar-refractivity contribution is 7.09. The molecule has 6 nitrogen and oxygen atoms in total. The van der Waals surface area contributed by atoms with Crippen molar-refractivity contribution >= 4 is 17.2 Å². The number of rotatable bonds is 6. The van der Waals surface area contributed by atoms with Crippen molar-refractivity contribution in [2.45, 2.75) is 33.4 Å². The summed E-state index contributed by atoms with van der Waals surface area (Å²) in [5.41, 5.74) is 3.49. The third-order valence-corrected chi connectivity index (χ3v) is 5.06. The van der Waals surface area contributed by atoms with Crippen LogP contribution >= 0.6 is 11.3 Å². The van der Waals surface area contributed by atoms with E-state index in [4.69, 9.17) is 4.74 Å². The molecule has 1 atom stereocenters. The standard InChI is InChI=1S/C19H22N4O2S/c1-12(18-9-20-23(4)13(18)2)21-19(24)15-6-5-7-17(8-15)25-10-16-11-26-14(3)22-16/h5-9,11-12H,10H2,1-4H3,(H,21,24). The minimum atomic E-state index is -0.143. The number of benzene rings is 1. The largest absolute Gasteiger partial charge is 0.487 e. The van der Waals surface area contributed by atoms with Crippen molar-refractivity contribution in [1.29, 1.82) is 0 Å². The number of aromatic nitrogens is 3. The highest BCUT2D eigenvalue weighted by Crippen LogP contribution is 2.19. The summed E-state index contributed by atoms with van der Waals surface area (Å²) < 4.78 is 7.56. The van der Waals surface area contributed by atoms with Crippen molar-refractivity contribution in [1.82, 2.24) is 20.1 Å². The summed E-state index contributed by atoms with van der Waals surface area (Å²) in [6.07, 6.45) is 1.79. The van der Waals surface area contributed by atoms with Crippen LogP contribution in [0.4, 0.5) is 0 Å². The maximum absolute atomic E-state index is 12.6. The zero-order valence-corrected chi connectivity index (χ0v) is 16.1. The molecule has 3 aromatic rings. The van der Waals surface area contributed by atoms with Gasteiger partial charge in [-0.25, -0.2) is 4.98 Å². The van der Waals surface area contributed by atoms with Gasteiger partial charge in [0, 0.05) is 29.2 Å². The zero-order chi connectivity index (χ0) is 18.7. The van der Waals surface area contributed by atoms with Crippen LogP contribution in [0.3, 0.4) is 0 Å². The Morgan fingerprint density at radius 1 is 1.38 bits per heavy atom. The van der Waals surface area contributed by atoms with Crippen LogP contribution in [0.25, 0.3) is 0 Å². The van der Waals surface area contributed by atoms with E-state index in [1.54, 1.807) is 34.3 Å². The van der Waals surface area contributed by atoms with Crippen molar-refractivity contribution in [2.75, 3.05) is 0 Å². The third-order valence-electron chi connectivity index (χ3n) is 4.24. The molecule has 0 spiro atoms. The van der Waals surface area contributed by atoms with Gasteiger partial charge in [0.25, 0.3) is 5.91 Å². The van der Waals surface area contributed by atoms with Gasteiger partial charge in [-0.2, -0.15) is 5.10 Å². The molecule has 1 amide bonds. The Hall–Kier alpha value is -2.67. The molecule has 0 saturated heterocycles. The van der Waals surface area contributed by atoms with Crippen LogP contribution in [0.1, 0.15) is 45.3 Å². The van der Waals surface area contributed by atoms with Crippen molar-refractivity contribution in [3.8, 4) is 5.75 Å². The molecule has 136 valence electrons. The Balaban J connectivity index is 1.65. The van der Waals surface area contributed by atoms with E-state index in [9.17, 15) is 4.79 Å². The number of ether oxygens (including phenoxy) is 1. The first-order valence-corrected chi connectivity index (χ1v) is 9.25. The van der Waals surface area contributed by atoms with Crippen LogP contribution in [0.5, 0.6) is 5.75 Å². The molecular formula is C19H22N4O2S. The Morgan fingerprint density at radius 3 is 2.85 bits per heavy atom. The van der Waals surface area contributed by atoms with Crippen molar-refractivity contribution in [3.63, 3.8) is 0 Å². The molecule has 1 N–H and O–H groups in total. The van der Waals surface area contributed by atoms with Crippen LogP contribution in [0.2, 0.25) is 0 Å². The van der Waals surface area contributed by atoms with Gasteiger partial charge in [0.1, 0.15) is 12.4 Å². The van der Waals surface area contributed by atoms with Crippen LogP contribution in [0.15, 0.2) is 35.8 Å². The molecule has 0 fully saturated rings. The van der Waals surface area contributed by atoms with Gasteiger partial charge in [0.15, 0.2) is 0 Å². The molecule has 1 aromatic carbocycles. The van der Waals surface area contributed by atoms with Gasteiger partial charge in [-0.15, -0.1) is 11.3 Å². The van der Waals surface area contributed by atoms with E-state index in [2.05, 4.69) is 15.4 Å². The summed E-state index contributed by atoms with van der Waals surface area (Å²) in [6, 6.07) is 7.05. The number of carbonyl (C=O) groups excluding carboxylic acids is 1. The minimum Gasteiger partial charge on any atom is -0.487 e. The van der Waals surface area contributed by atoms with E-state index >= 15 is 0 Å². The topological polar surface area (TPSA) is 69.0 Å². The van der Waals surface area contributed by atoms with E-state index < -0.39 is 0 Å². The Labute approximate surface area is 156 Å². The summed E-state index contributed by atoms with van der Waals surface area (Å²) >= 11 is 1.59. The number of thiazole rings is 1. The minimum absolute atomic E-state index is 0.126. The fraction of sp³-hybridized carbons (Fsp3) is 0.316. The average Bonchev–Trinajstić information content (AvgIpc) is 3.19. The lowest BCUT2D eigenvalue weighted by Gasteiger charge is -2.14. The number of carbonyl (C=O) groups is 1. The summed E-state index contributed by atoms with van der Waals surface area (Å²) in [6.45, 7) is 6.29. The molecular weight excluding hydrogens is 348 g/mol. The SMILES string of the molecule is Cc1nc(COc2cccc(C(=O)NC(C)c3cnn(C)c3C)c2)cs1. The Morgan fingerprint density at radius 2 is 2.19 bits per heavy atom. The quantitative estimate of drug-likeness (QED) is 0.720. The van der Waals surface area contributed by atoms with Gasteiger partial charge in [0.05, 0.1) is 22.9 Å². The number of aryl methyl sites for hydroxylation is 2. The molecule has 0 aliphatic heterocycles. The van der Waals surface area contributed by atoms with E-state index in [0.29, 0.717) is 17.9 Å². The number of hydrogen-bond acceptors (Lipinski definition) is 5. The van der Waals surface area contributed by atoms with E-state index in [-0.39, 0.29) is 11.9 Å². The fourth-order valence-electron chi connectivity index (χ4n) is 2.66. The molecule has 1 unspecified atom stereocenters. The average molecular weight is 370 g/mol. The summed E-state index contributed by atoms with van der Waals surface area (Å²) in [4.78, 5) is 16.9. The van der Waals surface area contributed by atoms with Crippen LogP contribution in [0, 0.1) is 13.8 Å². The molecule has 0 bridgehead atoms. The smallest absolute Gasteiger partial charge is 0.251 e. The van der Waals surface area contributed by atoms with Crippen molar-refractivity contribution in [2.24, 2.45) is 7.05 Å². The second-order valence-electron chi connectivity index (χ2n) is 6.18. The summed E-state index contributed by atoms with van der Waals surface area (Å²) in [5.74, 6) is 0.504. The maximum atomic E-state index is 12.6. The van der Waals surface area contributed by atoms with Gasteiger partial charge in [-0.05, 0) is 39.0 Å². The molecule has 3 rings (SSSR count). The lowest BCUT2D eigenvalue weighted by Crippen LogP contribution is -2.26. The van der Waals surface area contributed by atoms with Crippen molar-refractivity contribution < 1.29 is 9.53 Å². The molecule has 0 aliphatic carbocycles. The Bertz CT molecular complexity index is 916. The summed E-state index contributed by atoms with van der Waals surface area (Å²) in [7, 11) is 1.89. The first-order valence-electron chi connectivity index (χ1n) is 8.37. The zero-order valence-electron chi connectivity index (χ0n) is 15.3. The predicted octanol–water partition coefficient (Wildman–Crippen LogP) is 3.56. The van der Waals surface area contributed by atoms with E-state index in [0.717, 1.165) is 22.0 Å². The molecule has 2 heterocycles. The molecule has 26 heavy (non-hydrogen) atoms. The summed E-state index contributed by atoms with van der Waals surface area (Å²) in [5, 5.41) is 10.2. The molecule has 0 radical (unpaired) electrons. The maximum Gasteiger partial charge on any atom is 0.251 e. The first-order chi connectivity index (χ1) is 12.4. The predicted molar refractivity (Wildman–Crippen MR) is 101 cm³/mol. The van der Waals surface area contributed by atoms with Gasteiger partial charge in [-0.1, -0.05) is 6.07 Å².